The average molecular weight is 619 g/mol. The van der Waals surface area contributed by atoms with Crippen LogP contribution in [0.25, 0.3) is 22.2 Å². The highest BCUT2D eigenvalue weighted by Gasteiger charge is 2.30. The van der Waals surface area contributed by atoms with Crippen LogP contribution in [0, 0.1) is 0 Å². The van der Waals surface area contributed by atoms with Crippen molar-refractivity contribution in [2.45, 2.75) is 45.3 Å². The molecular formula is C35H42N10O. The number of H-pyrrole nitrogens is 1. The number of anilines is 2. The van der Waals surface area contributed by atoms with Gasteiger partial charge in [-0.25, -0.2) is 15.0 Å². The molecule has 0 radical (unpaired) electrons. The summed E-state index contributed by atoms with van der Waals surface area (Å²) in [5.41, 5.74) is 7.14. The Labute approximate surface area is 270 Å². The van der Waals surface area contributed by atoms with Gasteiger partial charge >= 0.3 is 0 Å². The van der Waals surface area contributed by atoms with Gasteiger partial charge in [-0.05, 0) is 70.1 Å². The number of hydrogen-bond donors (Lipinski definition) is 2. The number of methoxy groups -OCH3 is 1. The fourth-order valence-electron chi connectivity index (χ4n) is 6.64. The summed E-state index contributed by atoms with van der Waals surface area (Å²) in [6, 6.07) is 15.0. The Morgan fingerprint density at radius 3 is 2.67 bits per heavy atom. The highest BCUT2D eigenvalue weighted by molar-refractivity contribution is 6.07. The number of rotatable bonds is 9. The standard InChI is InChI=1S/C35H42N10O/c1-23-11-16-45-30(23)21-44(28-9-7-6-8-10-28)35(41-45)24(2)39-34-32-29(19-36-33(32)37-22-38-34)25-17-26(40-31(18-25)46-5)20-43-14-12-27(13-15-43)42(3)4/h6-11,17-19,21-22,24,27H,12-16,20H2,1-5H3,(H2,36,37,38,39)/t24-/m0/s1. The molecule has 1 saturated heterocycles. The van der Waals surface area contributed by atoms with E-state index in [1.807, 2.05) is 18.3 Å². The minimum atomic E-state index is -0.174. The lowest BCUT2D eigenvalue weighted by atomic mass is 10.0. The van der Waals surface area contributed by atoms with Gasteiger partial charge < -0.3 is 19.9 Å². The summed E-state index contributed by atoms with van der Waals surface area (Å²) in [5, 5.41) is 11.8. The SMILES string of the molecule is COc1cc(-c2c[nH]c3ncnc(N[C@@H](C)C4=NN5CC=C(C)C5=CN4c4ccccc4)c23)cc(CN2CCC(N(C)C)CC2)n1. The van der Waals surface area contributed by atoms with E-state index in [0.717, 1.165) is 89.9 Å². The fourth-order valence-corrected chi connectivity index (χ4v) is 6.64. The van der Waals surface area contributed by atoms with Crippen molar-refractivity contribution >= 4 is 28.4 Å². The maximum Gasteiger partial charge on any atom is 0.213 e. The number of fused-ring (bicyclic) bond motifs is 2. The molecule has 3 aliphatic heterocycles. The van der Waals surface area contributed by atoms with Crippen molar-refractivity contribution in [1.29, 1.82) is 0 Å². The van der Waals surface area contributed by atoms with Crippen molar-refractivity contribution in [2.75, 3.05) is 51.1 Å². The number of aromatic amines is 1. The van der Waals surface area contributed by atoms with Gasteiger partial charge in [0.2, 0.25) is 5.88 Å². The Bertz CT molecular complexity index is 1800. The molecule has 1 aromatic carbocycles. The third-order valence-corrected chi connectivity index (χ3v) is 9.27. The number of nitrogens with one attached hydrogen (secondary N) is 2. The molecule has 11 heteroatoms. The summed E-state index contributed by atoms with van der Waals surface area (Å²) >= 11 is 0. The Balaban J connectivity index is 1.19. The van der Waals surface area contributed by atoms with Gasteiger partial charge in [0.15, 0.2) is 5.84 Å². The van der Waals surface area contributed by atoms with Gasteiger partial charge in [0.1, 0.15) is 17.8 Å². The molecule has 3 aromatic heterocycles. The zero-order valence-electron chi connectivity index (χ0n) is 27.2. The van der Waals surface area contributed by atoms with Crippen LogP contribution in [0.5, 0.6) is 5.88 Å². The summed E-state index contributed by atoms with van der Waals surface area (Å²) in [5.74, 6) is 2.21. The Hall–Kier alpha value is -4.74. The first-order valence-corrected chi connectivity index (χ1v) is 16.0. The smallest absolute Gasteiger partial charge is 0.213 e. The molecule has 6 heterocycles. The first-order valence-electron chi connectivity index (χ1n) is 16.0. The van der Waals surface area contributed by atoms with Crippen LogP contribution in [0.4, 0.5) is 11.5 Å². The van der Waals surface area contributed by atoms with E-state index in [9.17, 15) is 0 Å². The Morgan fingerprint density at radius 1 is 1.11 bits per heavy atom. The second-order valence-electron chi connectivity index (χ2n) is 12.5. The van der Waals surface area contributed by atoms with E-state index in [1.165, 1.54) is 5.57 Å². The highest BCUT2D eigenvalue weighted by atomic mass is 16.5. The molecular weight excluding hydrogens is 576 g/mol. The van der Waals surface area contributed by atoms with E-state index in [4.69, 9.17) is 19.8 Å². The normalized spacial score (nSPS) is 18.0. The lowest BCUT2D eigenvalue weighted by molar-refractivity contribution is 0.138. The van der Waals surface area contributed by atoms with Crippen LogP contribution in [0.15, 0.2) is 83.6 Å². The molecule has 2 N–H and O–H groups in total. The number of aromatic nitrogens is 4. The number of piperidine rings is 1. The number of para-hydroxylation sites is 1. The van der Waals surface area contributed by atoms with Crippen molar-refractivity contribution in [2.24, 2.45) is 5.10 Å². The number of nitrogens with zero attached hydrogens (tertiary/aromatic N) is 8. The molecule has 0 aliphatic carbocycles. The summed E-state index contributed by atoms with van der Waals surface area (Å²) < 4.78 is 5.68. The zero-order chi connectivity index (χ0) is 31.8. The van der Waals surface area contributed by atoms with Crippen molar-refractivity contribution in [3.05, 3.63) is 84.2 Å². The van der Waals surface area contributed by atoms with E-state index >= 15 is 0 Å². The van der Waals surface area contributed by atoms with E-state index < -0.39 is 0 Å². The lowest BCUT2D eigenvalue weighted by Gasteiger charge is -2.35. The summed E-state index contributed by atoms with van der Waals surface area (Å²) in [6.45, 7) is 7.90. The molecule has 0 unspecified atom stereocenters. The second kappa shape index (κ2) is 12.6. The van der Waals surface area contributed by atoms with Gasteiger partial charge in [-0.2, -0.15) is 5.10 Å². The van der Waals surface area contributed by atoms with Crippen LogP contribution >= 0.6 is 0 Å². The van der Waals surface area contributed by atoms with E-state index in [2.05, 4.69) is 106 Å². The van der Waals surface area contributed by atoms with Crippen LogP contribution in [-0.2, 0) is 6.54 Å². The molecule has 11 nitrogen and oxygen atoms in total. The van der Waals surface area contributed by atoms with Crippen LogP contribution < -0.4 is 15.0 Å². The highest BCUT2D eigenvalue weighted by Crippen LogP contribution is 2.35. The number of ether oxygens (including phenoxy) is 1. The summed E-state index contributed by atoms with van der Waals surface area (Å²) in [4.78, 5) is 24.5. The number of hydrogen-bond acceptors (Lipinski definition) is 10. The van der Waals surface area contributed by atoms with Crippen LogP contribution in [-0.4, -0.2) is 93.5 Å². The third kappa shape index (κ3) is 5.83. The van der Waals surface area contributed by atoms with Gasteiger partial charge in [-0.3, -0.25) is 14.8 Å². The lowest BCUT2D eigenvalue weighted by Crippen LogP contribution is -2.43. The number of amidine groups is 1. The number of hydrazone groups is 1. The van der Waals surface area contributed by atoms with Crippen molar-refractivity contribution < 1.29 is 4.74 Å². The predicted molar refractivity (Wildman–Crippen MR) is 184 cm³/mol. The quantitative estimate of drug-likeness (QED) is 0.259. The van der Waals surface area contributed by atoms with Gasteiger partial charge in [-0.1, -0.05) is 24.3 Å². The van der Waals surface area contributed by atoms with Crippen molar-refractivity contribution in [3.8, 4) is 17.0 Å². The van der Waals surface area contributed by atoms with Crippen LogP contribution in [0.2, 0.25) is 0 Å². The number of pyridine rings is 1. The van der Waals surface area contributed by atoms with E-state index in [-0.39, 0.29) is 6.04 Å². The zero-order valence-corrected chi connectivity index (χ0v) is 27.2. The third-order valence-electron chi connectivity index (χ3n) is 9.27. The van der Waals surface area contributed by atoms with Gasteiger partial charge in [0.05, 0.1) is 36.5 Å². The van der Waals surface area contributed by atoms with Crippen molar-refractivity contribution in [3.63, 3.8) is 0 Å². The topological polar surface area (TPSA) is 101 Å². The summed E-state index contributed by atoms with van der Waals surface area (Å²) in [7, 11) is 6.02. The number of benzene rings is 1. The second-order valence-corrected chi connectivity index (χ2v) is 12.5. The fraction of sp³-hybridized carbons (Fsp3) is 0.371. The Morgan fingerprint density at radius 2 is 1.91 bits per heavy atom. The van der Waals surface area contributed by atoms with Crippen LogP contribution in [0.3, 0.4) is 0 Å². The van der Waals surface area contributed by atoms with Gasteiger partial charge in [0, 0.05) is 55.4 Å². The molecule has 238 valence electrons. The number of allylic oxidation sites excluding steroid dienone is 1. The molecule has 0 amide bonds. The molecule has 3 aliphatic rings. The maximum atomic E-state index is 5.68. The summed E-state index contributed by atoms with van der Waals surface area (Å²) in [6.07, 6.45) is 10.3. The van der Waals surface area contributed by atoms with E-state index in [0.29, 0.717) is 11.9 Å². The van der Waals surface area contributed by atoms with Crippen LogP contribution in [0.1, 0.15) is 32.4 Å². The maximum absolute atomic E-state index is 5.68. The number of likely N-dealkylation sites (tertiary alicyclic amines) is 1. The molecule has 46 heavy (non-hydrogen) atoms. The molecule has 0 bridgehead atoms. The molecule has 1 atom stereocenters. The van der Waals surface area contributed by atoms with Gasteiger partial charge in [0.25, 0.3) is 0 Å². The first kappa shape index (κ1) is 29.9. The molecule has 0 spiro atoms. The van der Waals surface area contributed by atoms with Gasteiger partial charge in [-0.15, -0.1) is 0 Å². The molecule has 0 saturated carbocycles. The largest absolute Gasteiger partial charge is 0.481 e. The molecule has 7 rings (SSSR count). The van der Waals surface area contributed by atoms with Crippen molar-refractivity contribution in [1.82, 2.24) is 34.7 Å². The monoisotopic (exact) mass is 618 g/mol. The molecule has 1 fully saturated rings. The minimum Gasteiger partial charge on any atom is -0.481 e. The molecule has 4 aromatic rings. The first-order chi connectivity index (χ1) is 22.4. The predicted octanol–water partition coefficient (Wildman–Crippen LogP) is 5.29. The Kier molecular flexibility index (Phi) is 8.18. The minimum absolute atomic E-state index is 0.174. The van der Waals surface area contributed by atoms with E-state index in [1.54, 1.807) is 13.4 Å². The average Bonchev–Trinajstić information content (AvgIpc) is 3.68.